The molecule has 100 valence electrons. The number of benzene rings is 1. The molecule has 0 fully saturated rings. The molecule has 0 saturated heterocycles. The lowest BCUT2D eigenvalue weighted by Crippen LogP contribution is -2.06. The Balaban J connectivity index is 2.26. The largest absolute Gasteiger partial charge is 0.478 e. The average molecular weight is 282 g/mol. The topological polar surface area (TPSA) is 110 Å². The van der Waals surface area contributed by atoms with Crippen LogP contribution in [-0.4, -0.2) is 29.7 Å². The Morgan fingerprint density at radius 2 is 1.89 bits per heavy atom. The molecule has 8 heteroatoms. The third-order valence-electron chi connectivity index (χ3n) is 2.34. The maximum atomic E-state index is 12.0. The lowest BCUT2D eigenvalue weighted by atomic mass is 10.2. The second kappa shape index (κ2) is 4.81. The van der Waals surface area contributed by atoms with Gasteiger partial charge in [0.15, 0.2) is 9.84 Å². The Morgan fingerprint density at radius 1 is 1.26 bits per heavy atom. The smallest absolute Gasteiger partial charge is 0.335 e. The van der Waals surface area contributed by atoms with Crippen LogP contribution in [0.1, 0.15) is 22.1 Å². The highest BCUT2D eigenvalue weighted by Crippen LogP contribution is 2.16. The third-order valence-corrected chi connectivity index (χ3v) is 3.96. The van der Waals surface area contributed by atoms with Gasteiger partial charge in [0.2, 0.25) is 11.8 Å². The lowest BCUT2D eigenvalue weighted by Gasteiger charge is -2.02. The SMILES string of the molecule is Cc1nnc(CS(=O)(=O)c2ccc(C(=O)O)cc2)o1. The van der Waals surface area contributed by atoms with Crippen LogP contribution in [-0.2, 0) is 15.6 Å². The molecule has 0 aliphatic heterocycles. The molecular weight excluding hydrogens is 272 g/mol. The molecule has 2 aromatic rings. The Bertz CT molecular complexity index is 703. The highest BCUT2D eigenvalue weighted by atomic mass is 32.2. The molecule has 7 nitrogen and oxygen atoms in total. The minimum atomic E-state index is -3.63. The molecule has 1 N–H and O–H groups in total. The molecule has 0 saturated carbocycles. The highest BCUT2D eigenvalue weighted by molar-refractivity contribution is 7.90. The summed E-state index contributed by atoms with van der Waals surface area (Å²) in [6.45, 7) is 1.56. The quantitative estimate of drug-likeness (QED) is 0.892. The minimum absolute atomic E-state index is 0.000175. The first-order valence-electron chi connectivity index (χ1n) is 5.23. The summed E-state index contributed by atoms with van der Waals surface area (Å²) in [6, 6.07) is 4.94. The van der Waals surface area contributed by atoms with E-state index < -0.39 is 21.6 Å². The number of aryl methyl sites for hydroxylation is 1. The summed E-state index contributed by atoms with van der Waals surface area (Å²) in [5.41, 5.74) is 0.0209. The van der Waals surface area contributed by atoms with Gasteiger partial charge in [-0.1, -0.05) is 0 Å². The standard InChI is InChI=1S/C11H10N2O5S/c1-7-12-13-10(18-7)6-19(16,17)9-4-2-8(3-5-9)11(14)15/h2-5H,6H2,1H3,(H,14,15). The van der Waals surface area contributed by atoms with Gasteiger partial charge in [0.05, 0.1) is 10.5 Å². The zero-order valence-electron chi connectivity index (χ0n) is 9.90. The molecule has 19 heavy (non-hydrogen) atoms. The number of rotatable bonds is 4. The van der Waals surface area contributed by atoms with E-state index in [2.05, 4.69) is 10.2 Å². The Morgan fingerprint density at radius 3 is 2.37 bits per heavy atom. The van der Waals surface area contributed by atoms with Crippen molar-refractivity contribution in [3.8, 4) is 0 Å². The van der Waals surface area contributed by atoms with Crippen molar-refractivity contribution < 1.29 is 22.7 Å². The number of hydrogen-bond donors (Lipinski definition) is 1. The Hall–Kier alpha value is -2.22. The van der Waals surface area contributed by atoms with Crippen LogP contribution >= 0.6 is 0 Å². The van der Waals surface area contributed by atoms with E-state index in [1.807, 2.05) is 0 Å². The summed E-state index contributed by atoms with van der Waals surface area (Å²) in [5, 5.41) is 15.9. The van der Waals surface area contributed by atoms with Gasteiger partial charge in [0.1, 0.15) is 5.75 Å². The zero-order chi connectivity index (χ0) is 14.0. The first-order valence-corrected chi connectivity index (χ1v) is 6.89. The Kier molecular flexibility index (Phi) is 3.34. The van der Waals surface area contributed by atoms with E-state index in [0.29, 0.717) is 0 Å². The van der Waals surface area contributed by atoms with Crippen LogP contribution in [0.3, 0.4) is 0 Å². The van der Waals surface area contributed by atoms with Crippen LogP contribution in [0.2, 0.25) is 0 Å². The zero-order valence-corrected chi connectivity index (χ0v) is 10.7. The van der Waals surface area contributed by atoms with Gasteiger partial charge in [-0.3, -0.25) is 0 Å². The lowest BCUT2D eigenvalue weighted by molar-refractivity contribution is 0.0696. The van der Waals surface area contributed by atoms with Crippen molar-refractivity contribution in [2.24, 2.45) is 0 Å². The van der Waals surface area contributed by atoms with E-state index in [1.165, 1.54) is 24.3 Å². The van der Waals surface area contributed by atoms with Crippen molar-refractivity contribution in [3.63, 3.8) is 0 Å². The summed E-state index contributed by atoms with van der Waals surface area (Å²) in [4.78, 5) is 10.7. The minimum Gasteiger partial charge on any atom is -0.478 e. The van der Waals surface area contributed by atoms with Crippen LogP contribution < -0.4 is 0 Å². The summed E-state index contributed by atoms with van der Waals surface area (Å²) in [6.07, 6.45) is 0. The van der Waals surface area contributed by atoms with Crippen molar-refractivity contribution in [3.05, 3.63) is 41.6 Å². The Labute approximate surface area is 108 Å². The molecule has 0 bridgehead atoms. The van der Waals surface area contributed by atoms with Gasteiger partial charge in [-0.2, -0.15) is 0 Å². The molecule has 0 amide bonds. The summed E-state index contributed by atoms with van der Waals surface area (Å²) in [5.74, 6) is -1.25. The number of aromatic carboxylic acids is 1. The second-order valence-electron chi connectivity index (χ2n) is 3.80. The fourth-order valence-electron chi connectivity index (χ4n) is 1.45. The monoisotopic (exact) mass is 282 g/mol. The van der Waals surface area contributed by atoms with E-state index >= 15 is 0 Å². The fourth-order valence-corrected chi connectivity index (χ4v) is 2.61. The van der Waals surface area contributed by atoms with Crippen LogP contribution in [0.25, 0.3) is 0 Å². The molecule has 0 unspecified atom stereocenters. The van der Waals surface area contributed by atoms with Crippen LogP contribution in [0.5, 0.6) is 0 Å². The van der Waals surface area contributed by atoms with E-state index in [1.54, 1.807) is 6.92 Å². The van der Waals surface area contributed by atoms with E-state index in [-0.39, 0.29) is 22.2 Å². The predicted molar refractivity (Wildman–Crippen MR) is 63.3 cm³/mol. The van der Waals surface area contributed by atoms with Gasteiger partial charge in [0.25, 0.3) is 0 Å². The number of nitrogens with zero attached hydrogens (tertiary/aromatic N) is 2. The van der Waals surface area contributed by atoms with Crippen LogP contribution in [0.15, 0.2) is 33.6 Å². The maximum absolute atomic E-state index is 12.0. The first-order chi connectivity index (χ1) is 8.88. The van der Waals surface area contributed by atoms with Gasteiger partial charge < -0.3 is 9.52 Å². The molecule has 0 atom stereocenters. The van der Waals surface area contributed by atoms with Gasteiger partial charge in [-0.05, 0) is 24.3 Å². The molecule has 1 heterocycles. The van der Waals surface area contributed by atoms with Crippen molar-refractivity contribution in [2.75, 3.05) is 0 Å². The van der Waals surface area contributed by atoms with Crippen molar-refractivity contribution in [1.82, 2.24) is 10.2 Å². The number of aromatic nitrogens is 2. The van der Waals surface area contributed by atoms with Crippen molar-refractivity contribution >= 4 is 15.8 Å². The second-order valence-corrected chi connectivity index (χ2v) is 5.79. The summed E-state index contributed by atoms with van der Waals surface area (Å²) in [7, 11) is -3.63. The van der Waals surface area contributed by atoms with E-state index in [0.717, 1.165) is 0 Å². The highest BCUT2D eigenvalue weighted by Gasteiger charge is 2.19. The van der Waals surface area contributed by atoms with E-state index in [4.69, 9.17) is 9.52 Å². The van der Waals surface area contributed by atoms with Crippen LogP contribution in [0.4, 0.5) is 0 Å². The number of sulfone groups is 1. The van der Waals surface area contributed by atoms with Crippen LogP contribution in [0, 0.1) is 6.92 Å². The number of hydrogen-bond acceptors (Lipinski definition) is 6. The molecular formula is C11H10N2O5S. The number of carboxylic acid groups (broad SMARTS) is 1. The molecule has 1 aromatic heterocycles. The molecule has 0 aliphatic carbocycles. The molecule has 0 aliphatic rings. The van der Waals surface area contributed by atoms with Crippen molar-refractivity contribution in [2.45, 2.75) is 17.6 Å². The fraction of sp³-hybridized carbons (Fsp3) is 0.182. The third kappa shape index (κ3) is 2.97. The van der Waals surface area contributed by atoms with Gasteiger partial charge >= 0.3 is 5.97 Å². The molecule has 0 spiro atoms. The predicted octanol–water partition coefficient (Wildman–Crippen LogP) is 1.05. The summed E-state index contributed by atoms with van der Waals surface area (Å²) < 4.78 is 29.0. The van der Waals surface area contributed by atoms with Crippen molar-refractivity contribution in [1.29, 1.82) is 0 Å². The molecule has 2 rings (SSSR count). The summed E-state index contributed by atoms with van der Waals surface area (Å²) >= 11 is 0. The average Bonchev–Trinajstić information content (AvgIpc) is 2.74. The number of carbonyl (C=O) groups is 1. The molecule has 1 aromatic carbocycles. The normalized spacial score (nSPS) is 11.4. The van der Waals surface area contributed by atoms with Gasteiger partial charge in [-0.15, -0.1) is 10.2 Å². The van der Waals surface area contributed by atoms with Gasteiger partial charge in [-0.25, -0.2) is 13.2 Å². The maximum Gasteiger partial charge on any atom is 0.335 e. The first kappa shape index (κ1) is 13.2. The number of carboxylic acids is 1. The molecule has 0 radical (unpaired) electrons. The van der Waals surface area contributed by atoms with E-state index in [9.17, 15) is 13.2 Å². The van der Waals surface area contributed by atoms with Gasteiger partial charge in [0, 0.05) is 6.92 Å².